The van der Waals surface area contributed by atoms with Crippen LogP contribution in [0.15, 0.2) is 24.3 Å². The molecule has 1 fully saturated rings. The van der Waals surface area contributed by atoms with Crippen molar-refractivity contribution in [2.24, 2.45) is 5.92 Å². The normalized spacial score (nSPS) is 18.9. The maximum atomic E-state index is 13.2. The molecule has 0 radical (unpaired) electrons. The summed E-state index contributed by atoms with van der Waals surface area (Å²) in [5.41, 5.74) is 1.14. The second kappa shape index (κ2) is 10.9. The minimum atomic E-state index is -0.177. The van der Waals surface area contributed by atoms with Gasteiger partial charge in [-0.2, -0.15) is 0 Å². The lowest BCUT2D eigenvalue weighted by molar-refractivity contribution is 0.454. The Labute approximate surface area is 152 Å². The van der Waals surface area contributed by atoms with Gasteiger partial charge in [0.25, 0.3) is 0 Å². The van der Waals surface area contributed by atoms with Crippen molar-refractivity contribution < 1.29 is 4.39 Å². The van der Waals surface area contributed by atoms with Gasteiger partial charge in [-0.25, -0.2) is 4.39 Å². The second-order valence-electron chi connectivity index (χ2n) is 7.08. The fourth-order valence-corrected chi connectivity index (χ4v) is 4.15. The highest BCUT2D eigenvalue weighted by atomic mass is 32.1. The van der Waals surface area contributed by atoms with Crippen LogP contribution in [-0.2, 0) is 0 Å². The molecule has 1 aromatic rings. The van der Waals surface area contributed by atoms with Crippen LogP contribution in [0.25, 0.3) is 0 Å². The lowest BCUT2D eigenvalue weighted by atomic mass is 9.86. The van der Waals surface area contributed by atoms with E-state index in [0.29, 0.717) is 5.92 Å². The molecule has 0 bridgehead atoms. The highest BCUT2D eigenvalue weighted by Gasteiger charge is 2.20. The molecule has 24 heavy (non-hydrogen) atoms. The van der Waals surface area contributed by atoms with Gasteiger partial charge >= 0.3 is 0 Å². The molecule has 0 aliphatic heterocycles. The molecule has 1 nitrogen and oxygen atoms in total. The van der Waals surface area contributed by atoms with Crippen LogP contribution in [0.4, 0.5) is 4.39 Å². The molecule has 0 heterocycles. The summed E-state index contributed by atoms with van der Waals surface area (Å²) in [4.78, 5) is 1.21. The van der Waals surface area contributed by atoms with Gasteiger partial charge in [-0.3, -0.25) is 0 Å². The Kier molecular flexibility index (Phi) is 8.90. The summed E-state index contributed by atoms with van der Waals surface area (Å²) >= 11 is 5.86. The van der Waals surface area contributed by atoms with Gasteiger partial charge in [-0.15, -0.1) is 0 Å². The molecule has 1 aromatic carbocycles. The van der Waals surface area contributed by atoms with E-state index in [1.165, 1.54) is 62.7 Å². The zero-order valence-electron chi connectivity index (χ0n) is 15.0. The smallest absolute Gasteiger partial charge is 0.123 e. The first-order chi connectivity index (χ1) is 11.7. The summed E-state index contributed by atoms with van der Waals surface area (Å²) in [6.45, 7) is 3.01. The Morgan fingerprint density at radius 3 is 2.12 bits per heavy atom. The Bertz CT molecular complexity index is 475. The van der Waals surface area contributed by atoms with Crippen molar-refractivity contribution in [3.05, 3.63) is 35.6 Å². The van der Waals surface area contributed by atoms with E-state index in [9.17, 15) is 4.39 Å². The van der Waals surface area contributed by atoms with E-state index in [-0.39, 0.29) is 11.9 Å². The first-order valence-corrected chi connectivity index (χ1v) is 10.1. The fourth-order valence-electron chi connectivity index (χ4n) is 3.75. The van der Waals surface area contributed by atoms with Gasteiger partial charge in [0, 0.05) is 6.04 Å². The van der Waals surface area contributed by atoms with Crippen LogP contribution in [0.2, 0.25) is 0 Å². The molecule has 0 aromatic heterocycles. The molecule has 0 unspecified atom stereocenters. The molecule has 0 saturated heterocycles. The largest absolute Gasteiger partial charge is 0.310 e. The van der Waals surface area contributed by atoms with Crippen LogP contribution < -0.4 is 5.32 Å². The van der Waals surface area contributed by atoms with Crippen molar-refractivity contribution in [2.45, 2.75) is 77.2 Å². The van der Waals surface area contributed by atoms with Crippen LogP contribution in [0.3, 0.4) is 0 Å². The van der Waals surface area contributed by atoms with Crippen LogP contribution in [0.5, 0.6) is 0 Å². The van der Waals surface area contributed by atoms with Crippen molar-refractivity contribution in [1.29, 1.82) is 0 Å². The van der Waals surface area contributed by atoms with Crippen molar-refractivity contribution in [3.8, 4) is 0 Å². The highest BCUT2D eigenvalue weighted by Crippen LogP contribution is 2.27. The third-order valence-electron chi connectivity index (χ3n) is 5.19. The van der Waals surface area contributed by atoms with Gasteiger partial charge < -0.3 is 5.32 Å². The summed E-state index contributed by atoms with van der Waals surface area (Å²) in [7, 11) is 0. The summed E-state index contributed by atoms with van der Waals surface area (Å²) in [6.07, 6.45) is 12.9. The zero-order chi connectivity index (χ0) is 17.2. The monoisotopic (exact) mass is 349 g/mol. The molecular weight excluding hydrogens is 317 g/mol. The van der Waals surface area contributed by atoms with E-state index in [1.807, 2.05) is 12.1 Å². The maximum Gasteiger partial charge on any atom is 0.123 e. The Balaban J connectivity index is 1.98. The highest BCUT2D eigenvalue weighted by molar-refractivity contribution is 7.80. The zero-order valence-corrected chi connectivity index (χ0v) is 15.8. The van der Waals surface area contributed by atoms with E-state index < -0.39 is 0 Å². The topological polar surface area (TPSA) is 12.0 Å². The van der Waals surface area contributed by atoms with Gasteiger partial charge in [0.2, 0.25) is 0 Å². The minimum absolute atomic E-state index is 0.177. The predicted octanol–water partition coefficient (Wildman–Crippen LogP) is 6.38. The number of benzene rings is 1. The number of hydrogen-bond acceptors (Lipinski definition) is 2. The van der Waals surface area contributed by atoms with Crippen LogP contribution in [0, 0.1) is 11.7 Å². The van der Waals surface area contributed by atoms with Gasteiger partial charge in [-0.05, 0) is 54.3 Å². The molecule has 134 valence electrons. The quantitative estimate of drug-likeness (QED) is 0.598. The lowest BCUT2D eigenvalue weighted by Crippen LogP contribution is -2.26. The molecule has 1 aliphatic rings. The van der Waals surface area contributed by atoms with Crippen LogP contribution in [0.1, 0.15) is 82.7 Å². The first kappa shape index (κ1) is 19.5. The van der Waals surface area contributed by atoms with Crippen molar-refractivity contribution >= 4 is 17.1 Å². The molecule has 3 heteroatoms. The fraction of sp³-hybridized carbons (Fsp3) is 0.667. The average molecular weight is 350 g/mol. The molecule has 2 rings (SSSR count). The Morgan fingerprint density at radius 1 is 1.04 bits per heavy atom. The van der Waals surface area contributed by atoms with E-state index >= 15 is 0 Å². The standard InChI is InChI=1S/C21H32FNS/c1-2-23-20(17-12-14-19(22)15-13-17)16-21(24)18-10-8-6-4-3-5-7-9-11-18/h12-15,18,20,23H,2-11,16H2,1H3/t20-/m1/s1. The minimum Gasteiger partial charge on any atom is -0.310 e. The lowest BCUT2D eigenvalue weighted by Gasteiger charge is -2.24. The van der Waals surface area contributed by atoms with E-state index in [2.05, 4.69) is 12.2 Å². The summed E-state index contributed by atoms with van der Waals surface area (Å²) in [5.74, 6) is 0.406. The van der Waals surface area contributed by atoms with Crippen LogP contribution in [-0.4, -0.2) is 11.4 Å². The van der Waals surface area contributed by atoms with E-state index in [0.717, 1.165) is 18.5 Å². The maximum absolute atomic E-state index is 13.2. The Hall–Kier alpha value is -0.800. The number of thiocarbonyl (C=S) groups is 1. The third kappa shape index (κ3) is 6.60. The van der Waals surface area contributed by atoms with Crippen molar-refractivity contribution in [2.75, 3.05) is 6.54 Å². The molecule has 1 aliphatic carbocycles. The number of halogens is 1. The summed E-state index contributed by atoms with van der Waals surface area (Å²) < 4.78 is 13.2. The first-order valence-electron chi connectivity index (χ1n) is 9.72. The van der Waals surface area contributed by atoms with Crippen molar-refractivity contribution in [3.63, 3.8) is 0 Å². The molecule has 1 N–H and O–H groups in total. The molecule has 1 atom stereocenters. The molecule has 0 spiro atoms. The predicted molar refractivity (Wildman–Crippen MR) is 105 cm³/mol. The van der Waals surface area contributed by atoms with E-state index in [1.54, 1.807) is 12.1 Å². The average Bonchev–Trinajstić information content (AvgIpc) is 2.60. The number of hydrogen-bond donors (Lipinski definition) is 1. The summed E-state index contributed by atoms with van der Waals surface area (Å²) in [6, 6.07) is 7.08. The van der Waals surface area contributed by atoms with Gasteiger partial charge in [-0.1, -0.05) is 76.2 Å². The van der Waals surface area contributed by atoms with Gasteiger partial charge in [0.05, 0.1) is 0 Å². The number of rotatable bonds is 6. The molecular formula is C21H32FNS. The summed E-state index contributed by atoms with van der Waals surface area (Å²) in [5, 5.41) is 3.53. The third-order valence-corrected chi connectivity index (χ3v) is 5.69. The molecule has 1 saturated carbocycles. The Morgan fingerprint density at radius 2 is 1.58 bits per heavy atom. The van der Waals surface area contributed by atoms with Gasteiger partial charge in [0.1, 0.15) is 5.82 Å². The van der Waals surface area contributed by atoms with Crippen LogP contribution >= 0.6 is 12.2 Å². The number of nitrogens with one attached hydrogen (secondary N) is 1. The van der Waals surface area contributed by atoms with Gasteiger partial charge in [0.15, 0.2) is 0 Å². The SMILES string of the molecule is CCN[C@H](CC(=S)C1CCCCCCCCC1)c1ccc(F)cc1. The molecule has 0 amide bonds. The van der Waals surface area contributed by atoms with Crippen molar-refractivity contribution in [1.82, 2.24) is 5.32 Å². The van der Waals surface area contributed by atoms with E-state index in [4.69, 9.17) is 12.2 Å². The second-order valence-corrected chi connectivity index (χ2v) is 7.61.